The van der Waals surface area contributed by atoms with Crippen molar-refractivity contribution in [2.75, 3.05) is 18.1 Å². The van der Waals surface area contributed by atoms with Gasteiger partial charge < -0.3 is 9.64 Å². The van der Waals surface area contributed by atoms with E-state index in [0.29, 0.717) is 23.6 Å². The molecule has 2 aliphatic heterocycles. The number of nitriles is 3. The second-order valence-electron chi connectivity index (χ2n) is 7.79. The van der Waals surface area contributed by atoms with E-state index in [4.69, 9.17) is 9.72 Å². The third kappa shape index (κ3) is 2.73. The summed E-state index contributed by atoms with van der Waals surface area (Å²) in [5, 5.41) is 30.0. The van der Waals surface area contributed by atoms with Crippen LogP contribution in [0.5, 0.6) is 5.88 Å². The maximum absolute atomic E-state index is 10.1. The highest BCUT2D eigenvalue weighted by Gasteiger charge is 2.43. The van der Waals surface area contributed by atoms with Crippen LogP contribution in [0, 0.1) is 39.9 Å². The Labute approximate surface area is 186 Å². The maximum atomic E-state index is 10.1. The zero-order valence-electron chi connectivity index (χ0n) is 17.5. The molecule has 0 fully saturated rings. The number of hydrogen-bond acceptors (Lipinski definition) is 6. The molecule has 2 aliphatic rings. The molecule has 0 radical (unpaired) electrons. The van der Waals surface area contributed by atoms with E-state index in [9.17, 15) is 15.8 Å². The molecule has 1 unspecified atom stereocenters. The first-order valence-corrected chi connectivity index (χ1v) is 10.6. The average Bonchev–Trinajstić information content (AvgIpc) is 3.27. The monoisotopic (exact) mass is 417 g/mol. The maximum Gasteiger partial charge on any atom is 0.234 e. The fourth-order valence-corrected chi connectivity index (χ4v) is 4.94. The van der Waals surface area contributed by atoms with E-state index in [-0.39, 0.29) is 5.88 Å². The van der Waals surface area contributed by atoms with Gasteiger partial charge in [-0.1, -0.05) is 48.5 Å². The Balaban J connectivity index is 1.93. The smallest absolute Gasteiger partial charge is 0.234 e. The quantitative estimate of drug-likeness (QED) is 0.604. The predicted molar refractivity (Wildman–Crippen MR) is 119 cm³/mol. The molecule has 0 bridgehead atoms. The number of para-hydroxylation sites is 1. The Morgan fingerprint density at radius 1 is 1.09 bits per heavy atom. The lowest BCUT2D eigenvalue weighted by Crippen LogP contribution is -2.28. The molecular weight excluding hydrogens is 398 g/mol. The van der Waals surface area contributed by atoms with Crippen molar-refractivity contribution in [3.05, 3.63) is 70.8 Å². The van der Waals surface area contributed by atoms with E-state index in [1.807, 2.05) is 49.4 Å². The lowest BCUT2D eigenvalue weighted by atomic mass is 9.75. The van der Waals surface area contributed by atoms with Crippen LogP contribution in [0.25, 0.3) is 11.1 Å². The standard InChI is InChI=1S/C26H19N5O/c1-2-32-26-20(15-29)21(16-7-4-3-5-8-16)23-22(18(13-27)14-28)19-10-6-9-17-11-12-31(24(17)19)25(23)30-26/h3-10,18,22H,2,11-12H2,1H3. The van der Waals surface area contributed by atoms with E-state index in [1.54, 1.807) is 0 Å². The van der Waals surface area contributed by atoms with Gasteiger partial charge in [-0.25, -0.2) is 0 Å². The third-order valence-corrected chi connectivity index (χ3v) is 6.18. The van der Waals surface area contributed by atoms with Crippen LogP contribution < -0.4 is 9.64 Å². The number of pyridine rings is 1. The molecular formula is C26H19N5O. The highest BCUT2D eigenvalue weighted by Crippen LogP contribution is 2.55. The van der Waals surface area contributed by atoms with Crippen molar-refractivity contribution >= 4 is 11.5 Å². The first kappa shape index (κ1) is 19.6. The summed E-state index contributed by atoms with van der Waals surface area (Å²) in [6.45, 7) is 2.98. The molecule has 154 valence electrons. The summed E-state index contributed by atoms with van der Waals surface area (Å²) >= 11 is 0. The van der Waals surface area contributed by atoms with E-state index in [0.717, 1.165) is 35.3 Å². The highest BCUT2D eigenvalue weighted by molar-refractivity contribution is 5.88. The molecule has 3 heterocycles. The molecule has 0 amide bonds. The second kappa shape index (κ2) is 7.73. The van der Waals surface area contributed by atoms with Gasteiger partial charge in [0.15, 0.2) is 0 Å². The zero-order chi connectivity index (χ0) is 22.2. The van der Waals surface area contributed by atoms with Crippen molar-refractivity contribution in [3.8, 4) is 35.2 Å². The zero-order valence-corrected chi connectivity index (χ0v) is 17.5. The molecule has 0 saturated heterocycles. The molecule has 0 N–H and O–H groups in total. The minimum Gasteiger partial charge on any atom is -0.477 e. The van der Waals surface area contributed by atoms with Gasteiger partial charge in [0, 0.05) is 29.3 Å². The molecule has 5 rings (SSSR count). The minimum atomic E-state index is -0.920. The molecule has 6 nitrogen and oxygen atoms in total. The molecule has 0 aliphatic carbocycles. The molecule has 32 heavy (non-hydrogen) atoms. The summed E-state index contributed by atoms with van der Waals surface area (Å²) in [5.74, 6) is -0.486. The Morgan fingerprint density at radius 3 is 2.56 bits per heavy atom. The van der Waals surface area contributed by atoms with Gasteiger partial charge in [-0.3, -0.25) is 0 Å². The normalized spacial score (nSPS) is 15.3. The highest BCUT2D eigenvalue weighted by atomic mass is 16.5. The lowest BCUT2D eigenvalue weighted by molar-refractivity contribution is 0.326. The predicted octanol–water partition coefficient (Wildman–Crippen LogP) is 4.82. The topological polar surface area (TPSA) is 96.7 Å². The number of anilines is 2. The van der Waals surface area contributed by atoms with E-state index in [1.165, 1.54) is 5.56 Å². The molecule has 0 spiro atoms. The van der Waals surface area contributed by atoms with Gasteiger partial charge in [0.2, 0.25) is 5.88 Å². The first-order valence-electron chi connectivity index (χ1n) is 10.6. The molecule has 2 aromatic carbocycles. The van der Waals surface area contributed by atoms with E-state index in [2.05, 4.69) is 29.2 Å². The summed E-state index contributed by atoms with van der Waals surface area (Å²) < 4.78 is 5.81. The lowest BCUT2D eigenvalue weighted by Gasteiger charge is -2.36. The van der Waals surface area contributed by atoms with Crippen LogP contribution in [0.4, 0.5) is 11.5 Å². The van der Waals surface area contributed by atoms with Crippen molar-refractivity contribution in [1.82, 2.24) is 4.98 Å². The van der Waals surface area contributed by atoms with Crippen LogP contribution >= 0.6 is 0 Å². The van der Waals surface area contributed by atoms with Crippen molar-refractivity contribution in [3.63, 3.8) is 0 Å². The Kier molecular flexibility index (Phi) is 4.74. The van der Waals surface area contributed by atoms with E-state index >= 15 is 0 Å². The Morgan fingerprint density at radius 2 is 1.88 bits per heavy atom. The summed E-state index contributed by atoms with van der Waals surface area (Å²) in [7, 11) is 0. The average molecular weight is 417 g/mol. The van der Waals surface area contributed by atoms with Crippen molar-refractivity contribution in [2.24, 2.45) is 5.92 Å². The van der Waals surface area contributed by atoms with Gasteiger partial charge in [0.25, 0.3) is 0 Å². The number of aromatic nitrogens is 1. The van der Waals surface area contributed by atoms with Crippen molar-refractivity contribution in [2.45, 2.75) is 19.3 Å². The SMILES string of the molecule is CCOc1nc2c(c(-c3ccccc3)c1C#N)C(C(C#N)C#N)c1cccc3c1N2CC3. The fourth-order valence-electron chi connectivity index (χ4n) is 4.94. The van der Waals surface area contributed by atoms with Crippen LogP contribution in [0.2, 0.25) is 0 Å². The van der Waals surface area contributed by atoms with Crippen LogP contribution in [0.3, 0.4) is 0 Å². The van der Waals surface area contributed by atoms with Gasteiger partial charge in [0.05, 0.1) is 18.7 Å². The van der Waals surface area contributed by atoms with Gasteiger partial charge in [-0.2, -0.15) is 20.8 Å². The van der Waals surface area contributed by atoms with Gasteiger partial charge in [-0.15, -0.1) is 0 Å². The third-order valence-electron chi connectivity index (χ3n) is 6.18. The fraction of sp³-hybridized carbons (Fsp3) is 0.231. The number of nitrogens with zero attached hydrogens (tertiary/aromatic N) is 5. The number of fused-ring (bicyclic) bond motifs is 2. The molecule has 3 aromatic rings. The number of hydrogen-bond donors (Lipinski definition) is 0. The van der Waals surface area contributed by atoms with Crippen LogP contribution in [-0.2, 0) is 6.42 Å². The summed E-state index contributed by atoms with van der Waals surface area (Å²) in [5.41, 5.74) is 5.74. The van der Waals surface area contributed by atoms with E-state index < -0.39 is 11.8 Å². The molecule has 6 heteroatoms. The van der Waals surface area contributed by atoms with Gasteiger partial charge in [0.1, 0.15) is 23.4 Å². The minimum absolute atomic E-state index is 0.282. The summed E-state index contributed by atoms with van der Waals surface area (Å²) in [6, 6.07) is 22.3. The molecule has 1 aromatic heterocycles. The molecule has 1 atom stereocenters. The van der Waals surface area contributed by atoms with Crippen LogP contribution in [-0.4, -0.2) is 18.1 Å². The Bertz CT molecular complexity index is 1330. The van der Waals surface area contributed by atoms with Crippen LogP contribution in [0.1, 0.15) is 35.1 Å². The molecule has 0 saturated carbocycles. The van der Waals surface area contributed by atoms with Gasteiger partial charge >= 0.3 is 0 Å². The summed E-state index contributed by atoms with van der Waals surface area (Å²) in [4.78, 5) is 6.96. The van der Waals surface area contributed by atoms with Crippen LogP contribution in [0.15, 0.2) is 48.5 Å². The Hall–Kier alpha value is -4.34. The van der Waals surface area contributed by atoms with Gasteiger partial charge in [-0.05, 0) is 30.0 Å². The number of benzene rings is 2. The summed E-state index contributed by atoms with van der Waals surface area (Å²) in [6.07, 6.45) is 0.853. The van der Waals surface area contributed by atoms with Crippen molar-refractivity contribution in [1.29, 1.82) is 15.8 Å². The first-order chi connectivity index (χ1) is 15.7. The largest absolute Gasteiger partial charge is 0.477 e. The number of rotatable bonds is 4. The van der Waals surface area contributed by atoms with Crippen molar-refractivity contribution < 1.29 is 4.74 Å². The second-order valence-corrected chi connectivity index (χ2v) is 7.79. The number of ether oxygens (including phenoxy) is 1.